The van der Waals surface area contributed by atoms with Crippen LogP contribution in [0.4, 0.5) is 0 Å². The Morgan fingerprint density at radius 1 is 1.06 bits per heavy atom. The minimum atomic E-state index is 0.436. The minimum absolute atomic E-state index is 0.436. The summed E-state index contributed by atoms with van der Waals surface area (Å²) < 4.78 is 0. The predicted octanol–water partition coefficient (Wildman–Crippen LogP) is 3.74. The molecule has 0 saturated heterocycles. The van der Waals surface area contributed by atoms with Crippen LogP contribution in [-0.2, 0) is 11.2 Å². The lowest BCUT2D eigenvalue weighted by atomic mass is 9.96. The lowest BCUT2D eigenvalue weighted by Crippen LogP contribution is -1.92. The van der Waals surface area contributed by atoms with Crippen LogP contribution < -0.4 is 0 Å². The highest BCUT2D eigenvalue weighted by atomic mass is 16.1. The van der Waals surface area contributed by atoms with Gasteiger partial charge < -0.3 is 4.79 Å². The van der Waals surface area contributed by atoms with E-state index in [1.807, 2.05) is 36.4 Å². The van der Waals surface area contributed by atoms with Crippen molar-refractivity contribution in [3.8, 4) is 11.1 Å². The van der Waals surface area contributed by atoms with Crippen LogP contribution in [0.2, 0.25) is 0 Å². The van der Waals surface area contributed by atoms with Crippen LogP contribution >= 0.6 is 0 Å². The summed E-state index contributed by atoms with van der Waals surface area (Å²) in [4.78, 5) is 10.7. The van der Waals surface area contributed by atoms with E-state index in [1.165, 1.54) is 0 Å². The second-order valence-corrected chi connectivity index (χ2v) is 3.86. The molecular formula is C16H14O. The summed E-state index contributed by atoms with van der Waals surface area (Å²) in [6.45, 7) is 3.75. The maximum Gasteiger partial charge on any atom is 0.124 e. The van der Waals surface area contributed by atoms with Crippen LogP contribution in [0.1, 0.15) is 11.1 Å². The molecule has 0 aromatic heterocycles. The Hall–Kier alpha value is -2.15. The first-order valence-electron chi connectivity index (χ1n) is 5.59. The fourth-order valence-electron chi connectivity index (χ4n) is 1.90. The molecule has 2 aromatic carbocycles. The highest BCUT2D eigenvalue weighted by molar-refractivity contribution is 5.73. The van der Waals surface area contributed by atoms with E-state index in [2.05, 4.69) is 18.7 Å². The number of carbonyl (C=O) groups excluding carboxylic acids is 1. The molecule has 2 rings (SSSR count). The summed E-state index contributed by atoms with van der Waals surface area (Å²) >= 11 is 0. The van der Waals surface area contributed by atoms with E-state index in [0.29, 0.717) is 6.42 Å². The molecule has 0 aliphatic heterocycles. The largest absolute Gasteiger partial charge is 0.303 e. The quantitative estimate of drug-likeness (QED) is 0.720. The Kier molecular flexibility index (Phi) is 3.51. The molecule has 0 saturated carbocycles. The van der Waals surface area contributed by atoms with E-state index in [1.54, 1.807) is 6.08 Å². The molecule has 0 amide bonds. The third-order valence-electron chi connectivity index (χ3n) is 2.75. The number of carbonyl (C=O) groups is 1. The molecule has 0 fully saturated rings. The van der Waals surface area contributed by atoms with E-state index >= 15 is 0 Å². The van der Waals surface area contributed by atoms with Crippen molar-refractivity contribution >= 4 is 12.4 Å². The van der Waals surface area contributed by atoms with E-state index in [9.17, 15) is 4.79 Å². The van der Waals surface area contributed by atoms with Gasteiger partial charge in [0.05, 0.1) is 0 Å². The summed E-state index contributed by atoms with van der Waals surface area (Å²) in [7, 11) is 0. The van der Waals surface area contributed by atoms with Gasteiger partial charge >= 0.3 is 0 Å². The van der Waals surface area contributed by atoms with Crippen molar-refractivity contribution in [3.63, 3.8) is 0 Å². The standard InChI is InChI=1S/C16H14O/c1-2-13-8-9-16(15(12-13)10-11-17)14-6-4-3-5-7-14/h2-9,11-12H,1,10H2. The van der Waals surface area contributed by atoms with Gasteiger partial charge in [0.2, 0.25) is 0 Å². The van der Waals surface area contributed by atoms with Gasteiger partial charge in [-0.2, -0.15) is 0 Å². The van der Waals surface area contributed by atoms with Gasteiger partial charge in [-0.1, -0.05) is 61.2 Å². The number of hydrogen-bond acceptors (Lipinski definition) is 1. The second-order valence-electron chi connectivity index (χ2n) is 3.86. The average Bonchev–Trinajstić information content (AvgIpc) is 2.40. The molecule has 17 heavy (non-hydrogen) atoms. The molecule has 0 unspecified atom stereocenters. The van der Waals surface area contributed by atoms with Crippen molar-refractivity contribution in [3.05, 3.63) is 66.2 Å². The zero-order valence-corrected chi connectivity index (χ0v) is 9.60. The van der Waals surface area contributed by atoms with Gasteiger partial charge in [-0.05, 0) is 22.3 Å². The monoisotopic (exact) mass is 222 g/mol. The van der Waals surface area contributed by atoms with E-state index in [0.717, 1.165) is 28.5 Å². The number of aldehydes is 1. The van der Waals surface area contributed by atoms with Gasteiger partial charge in [0.25, 0.3) is 0 Å². The summed E-state index contributed by atoms with van der Waals surface area (Å²) in [5.41, 5.74) is 4.34. The third-order valence-corrected chi connectivity index (χ3v) is 2.75. The molecule has 0 atom stereocenters. The van der Waals surface area contributed by atoms with Crippen LogP contribution in [0.3, 0.4) is 0 Å². The Labute approximate surface area is 101 Å². The Morgan fingerprint density at radius 3 is 2.47 bits per heavy atom. The van der Waals surface area contributed by atoms with Gasteiger partial charge in [-0.3, -0.25) is 0 Å². The van der Waals surface area contributed by atoms with Crippen LogP contribution in [0.25, 0.3) is 17.2 Å². The maximum atomic E-state index is 10.7. The summed E-state index contributed by atoms with van der Waals surface area (Å²) in [5, 5.41) is 0. The SMILES string of the molecule is C=Cc1ccc(-c2ccccc2)c(CC=O)c1. The highest BCUT2D eigenvalue weighted by Gasteiger charge is 2.04. The van der Waals surface area contributed by atoms with Crippen LogP contribution in [0.15, 0.2) is 55.1 Å². The van der Waals surface area contributed by atoms with Gasteiger partial charge in [-0.15, -0.1) is 0 Å². The molecule has 0 spiro atoms. The number of rotatable bonds is 4. The van der Waals surface area contributed by atoms with Gasteiger partial charge in [-0.25, -0.2) is 0 Å². The molecule has 0 bridgehead atoms. The molecule has 0 aliphatic rings. The molecule has 2 aromatic rings. The Morgan fingerprint density at radius 2 is 1.82 bits per heavy atom. The second kappa shape index (κ2) is 5.26. The molecule has 0 N–H and O–H groups in total. The van der Waals surface area contributed by atoms with Gasteiger partial charge in [0.1, 0.15) is 6.29 Å². The van der Waals surface area contributed by atoms with Crippen LogP contribution in [0.5, 0.6) is 0 Å². The zero-order valence-electron chi connectivity index (χ0n) is 9.60. The maximum absolute atomic E-state index is 10.7. The molecule has 0 radical (unpaired) electrons. The van der Waals surface area contributed by atoms with E-state index in [-0.39, 0.29) is 0 Å². The Balaban J connectivity index is 2.53. The topological polar surface area (TPSA) is 17.1 Å². The predicted molar refractivity (Wildman–Crippen MR) is 71.7 cm³/mol. The molecule has 1 heteroatoms. The van der Waals surface area contributed by atoms with Crippen molar-refractivity contribution in [2.75, 3.05) is 0 Å². The van der Waals surface area contributed by atoms with Crippen molar-refractivity contribution in [1.82, 2.24) is 0 Å². The average molecular weight is 222 g/mol. The summed E-state index contributed by atoms with van der Waals surface area (Å²) in [6, 6.07) is 16.2. The van der Waals surface area contributed by atoms with Gasteiger partial charge in [0.15, 0.2) is 0 Å². The lowest BCUT2D eigenvalue weighted by Gasteiger charge is -2.08. The molecular weight excluding hydrogens is 208 g/mol. The fraction of sp³-hybridized carbons (Fsp3) is 0.0625. The van der Waals surface area contributed by atoms with Gasteiger partial charge in [0, 0.05) is 6.42 Å². The summed E-state index contributed by atoms with van der Waals surface area (Å²) in [6.07, 6.45) is 3.17. The number of hydrogen-bond donors (Lipinski definition) is 0. The molecule has 0 aliphatic carbocycles. The normalized spacial score (nSPS) is 9.88. The minimum Gasteiger partial charge on any atom is -0.303 e. The first-order chi connectivity index (χ1) is 8.35. The first kappa shape index (κ1) is 11.3. The highest BCUT2D eigenvalue weighted by Crippen LogP contribution is 2.25. The summed E-state index contributed by atoms with van der Waals surface area (Å²) in [5.74, 6) is 0. The first-order valence-corrected chi connectivity index (χ1v) is 5.59. The van der Waals surface area contributed by atoms with Crippen LogP contribution in [-0.4, -0.2) is 6.29 Å². The molecule has 84 valence electrons. The van der Waals surface area contributed by atoms with Crippen molar-refractivity contribution in [2.24, 2.45) is 0 Å². The van der Waals surface area contributed by atoms with E-state index in [4.69, 9.17) is 0 Å². The lowest BCUT2D eigenvalue weighted by molar-refractivity contribution is -0.107. The smallest absolute Gasteiger partial charge is 0.124 e. The van der Waals surface area contributed by atoms with Crippen molar-refractivity contribution < 1.29 is 4.79 Å². The zero-order chi connectivity index (χ0) is 12.1. The molecule has 1 nitrogen and oxygen atoms in total. The van der Waals surface area contributed by atoms with Crippen molar-refractivity contribution in [2.45, 2.75) is 6.42 Å². The van der Waals surface area contributed by atoms with Crippen LogP contribution in [0, 0.1) is 0 Å². The third kappa shape index (κ3) is 2.51. The Bertz CT molecular complexity index is 526. The van der Waals surface area contributed by atoms with Crippen molar-refractivity contribution in [1.29, 1.82) is 0 Å². The molecule has 0 heterocycles. The fourth-order valence-corrected chi connectivity index (χ4v) is 1.90. The van der Waals surface area contributed by atoms with E-state index < -0.39 is 0 Å². The number of benzene rings is 2.